The topological polar surface area (TPSA) is 74.8 Å². The number of sulfonamides is 2. The number of rotatable bonds is 2. The summed E-state index contributed by atoms with van der Waals surface area (Å²) in [5, 5.41) is 0. The second-order valence-electron chi connectivity index (χ2n) is 3.70. The lowest BCUT2D eigenvalue weighted by atomic mass is 10.4. The van der Waals surface area contributed by atoms with Crippen molar-refractivity contribution in [3.63, 3.8) is 0 Å². The molecule has 14 heteroatoms. The van der Waals surface area contributed by atoms with Crippen molar-refractivity contribution in [3.8, 4) is 0 Å². The summed E-state index contributed by atoms with van der Waals surface area (Å²) in [6, 6.07) is 0. The lowest BCUT2D eigenvalue weighted by Gasteiger charge is -2.36. The summed E-state index contributed by atoms with van der Waals surface area (Å²) in [6.45, 7) is 0.259. The Bertz CT molecular complexity index is 505. The normalized spacial score (nSPS) is 21.1. The van der Waals surface area contributed by atoms with E-state index in [2.05, 4.69) is 95.6 Å². The Labute approximate surface area is 168 Å². The third kappa shape index (κ3) is 4.41. The maximum absolute atomic E-state index is 12.1. The van der Waals surface area contributed by atoms with E-state index in [1.807, 2.05) is 0 Å². The van der Waals surface area contributed by atoms with Crippen LogP contribution in [-0.4, -0.2) is 54.6 Å². The molecule has 0 amide bonds. The van der Waals surface area contributed by atoms with Crippen LogP contribution in [0, 0.1) is 0 Å². The standard InChI is InChI=1S/C6H8Br6N2O4S2/c7-5(8,9)19(15,16)13-1-2-14(4-3-13)20(17,18)6(10,11)12/h1-4H2. The van der Waals surface area contributed by atoms with Gasteiger partial charge in [0.05, 0.1) is 0 Å². The van der Waals surface area contributed by atoms with Crippen molar-refractivity contribution in [2.75, 3.05) is 26.2 Å². The zero-order chi connectivity index (χ0) is 16.0. The average molecular weight is 716 g/mol. The number of alkyl halides is 6. The Morgan fingerprint density at radius 1 is 0.600 bits per heavy atom. The maximum Gasteiger partial charge on any atom is 0.250 e. The summed E-state index contributed by atoms with van der Waals surface area (Å²) in [5.74, 6) is 0. The van der Waals surface area contributed by atoms with Crippen molar-refractivity contribution in [2.45, 2.75) is 2.95 Å². The number of halogens is 6. The highest BCUT2D eigenvalue weighted by molar-refractivity contribution is 9.42. The number of hydrogen-bond donors (Lipinski definition) is 0. The van der Waals surface area contributed by atoms with Gasteiger partial charge in [0.15, 0.2) is 0 Å². The summed E-state index contributed by atoms with van der Waals surface area (Å²) < 4.78 is 48.1. The van der Waals surface area contributed by atoms with Crippen LogP contribution in [0.25, 0.3) is 0 Å². The Hall–Kier alpha value is 2.70. The molecule has 1 rings (SSSR count). The first-order valence-electron chi connectivity index (χ1n) is 4.84. The van der Waals surface area contributed by atoms with E-state index in [4.69, 9.17) is 0 Å². The minimum Gasteiger partial charge on any atom is -0.209 e. The van der Waals surface area contributed by atoms with Crippen molar-refractivity contribution in [1.82, 2.24) is 8.61 Å². The second kappa shape index (κ2) is 6.90. The SMILES string of the molecule is O=S(=O)(N1CCN(S(=O)(=O)C(Br)(Br)Br)CC1)C(Br)(Br)Br. The first kappa shape index (κ1) is 20.7. The number of hydrogen-bond acceptors (Lipinski definition) is 4. The van der Waals surface area contributed by atoms with Crippen LogP contribution >= 0.6 is 95.6 Å². The fourth-order valence-electron chi connectivity index (χ4n) is 1.44. The van der Waals surface area contributed by atoms with Gasteiger partial charge < -0.3 is 0 Å². The molecule has 0 atom stereocenters. The molecule has 0 bridgehead atoms. The van der Waals surface area contributed by atoms with Crippen LogP contribution in [0.1, 0.15) is 0 Å². The molecule has 0 spiro atoms. The first-order chi connectivity index (χ1) is 8.71. The number of nitrogens with zero attached hydrogens (tertiary/aromatic N) is 2. The van der Waals surface area contributed by atoms with Crippen molar-refractivity contribution < 1.29 is 16.8 Å². The molecule has 0 aliphatic carbocycles. The predicted molar refractivity (Wildman–Crippen MR) is 100 cm³/mol. The summed E-state index contributed by atoms with van der Waals surface area (Å²) in [7, 11) is -7.35. The van der Waals surface area contributed by atoms with E-state index in [1.54, 1.807) is 0 Å². The van der Waals surface area contributed by atoms with Crippen molar-refractivity contribution in [3.05, 3.63) is 0 Å². The predicted octanol–water partition coefficient (Wildman–Crippen LogP) is 2.86. The Balaban J connectivity index is 2.86. The Morgan fingerprint density at radius 3 is 0.950 bits per heavy atom. The van der Waals surface area contributed by atoms with Gasteiger partial charge in [-0.1, -0.05) is 0 Å². The van der Waals surface area contributed by atoms with Crippen LogP contribution in [-0.2, 0) is 20.0 Å². The molecule has 120 valence electrons. The molecule has 0 aromatic heterocycles. The fourth-order valence-corrected chi connectivity index (χ4v) is 7.00. The summed E-state index contributed by atoms with van der Waals surface area (Å²) in [6.07, 6.45) is 0. The van der Waals surface area contributed by atoms with E-state index in [0.29, 0.717) is 0 Å². The average Bonchev–Trinajstić information content (AvgIpc) is 2.26. The van der Waals surface area contributed by atoms with Gasteiger partial charge in [0.1, 0.15) is 0 Å². The van der Waals surface area contributed by atoms with Gasteiger partial charge in [-0.2, -0.15) is 8.61 Å². The molecule has 0 radical (unpaired) electrons. The van der Waals surface area contributed by atoms with Crippen LogP contribution in [0.4, 0.5) is 0 Å². The monoisotopic (exact) mass is 710 g/mol. The van der Waals surface area contributed by atoms with Gasteiger partial charge in [-0.3, -0.25) is 0 Å². The summed E-state index contributed by atoms with van der Waals surface area (Å²) in [5.41, 5.74) is 0. The number of piperazine rings is 1. The van der Waals surface area contributed by atoms with E-state index < -0.39 is 23.0 Å². The Kier molecular flexibility index (Phi) is 7.16. The molecule has 1 fully saturated rings. The zero-order valence-corrected chi connectivity index (χ0v) is 20.6. The van der Waals surface area contributed by atoms with Crippen molar-refractivity contribution in [2.24, 2.45) is 0 Å². The van der Waals surface area contributed by atoms with E-state index in [9.17, 15) is 16.8 Å². The molecule has 1 aliphatic rings. The van der Waals surface area contributed by atoms with Gasteiger partial charge >= 0.3 is 0 Å². The zero-order valence-electron chi connectivity index (χ0n) is 9.44. The van der Waals surface area contributed by atoms with Gasteiger partial charge in [-0.15, -0.1) is 0 Å². The fraction of sp³-hybridized carbons (Fsp3) is 1.00. The van der Waals surface area contributed by atoms with Crippen LogP contribution in [0.2, 0.25) is 0 Å². The van der Waals surface area contributed by atoms with Gasteiger partial charge in [-0.05, 0) is 95.6 Å². The molecule has 20 heavy (non-hydrogen) atoms. The van der Waals surface area contributed by atoms with Crippen molar-refractivity contribution >= 4 is 116 Å². The van der Waals surface area contributed by atoms with Crippen LogP contribution in [0.15, 0.2) is 0 Å². The van der Waals surface area contributed by atoms with E-state index >= 15 is 0 Å². The molecule has 0 unspecified atom stereocenters. The summed E-state index contributed by atoms with van der Waals surface area (Å²) in [4.78, 5) is 0. The molecule has 6 nitrogen and oxygen atoms in total. The second-order valence-corrected chi connectivity index (χ2v) is 24.5. The minimum absolute atomic E-state index is 0.0647. The Morgan fingerprint density at radius 2 is 0.800 bits per heavy atom. The quantitative estimate of drug-likeness (QED) is 0.413. The molecule has 1 heterocycles. The lowest BCUT2D eigenvalue weighted by Crippen LogP contribution is -2.54. The molecular formula is C6H8Br6N2O4S2. The minimum atomic E-state index is -3.68. The molecule has 0 aromatic carbocycles. The summed E-state index contributed by atoms with van der Waals surface area (Å²) >= 11 is 17.8. The largest absolute Gasteiger partial charge is 0.250 e. The molecule has 0 N–H and O–H groups in total. The third-order valence-electron chi connectivity index (χ3n) is 2.46. The maximum atomic E-state index is 12.1. The smallest absolute Gasteiger partial charge is 0.209 e. The van der Waals surface area contributed by atoms with Gasteiger partial charge in [-0.25, -0.2) is 16.8 Å². The van der Waals surface area contributed by atoms with Crippen LogP contribution < -0.4 is 0 Å². The molecule has 1 saturated heterocycles. The molecule has 0 saturated carbocycles. The third-order valence-corrected chi connectivity index (χ3v) is 13.1. The lowest BCUT2D eigenvalue weighted by molar-refractivity contribution is 0.274. The van der Waals surface area contributed by atoms with Gasteiger partial charge in [0.25, 0.3) is 20.0 Å². The molecule has 1 aliphatic heterocycles. The highest BCUT2D eigenvalue weighted by Crippen LogP contribution is 2.43. The van der Waals surface area contributed by atoms with Crippen LogP contribution in [0.5, 0.6) is 0 Å². The van der Waals surface area contributed by atoms with E-state index in [-0.39, 0.29) is 26.2 Å². The highest BCUT2D eigenvalue weighted by atomic mass is 80.0. The van der Waals surface area contributed by atoms with Gasteiger partial charge in [0, 0.05) is 26.2 Å². The molecular weight excluding hydrogens is 708 g/mol. The van der Waals surface area contributed by atoms with Gasteiger partial charge in [0.2, 0.25) is 2.95 Å². The van der Waals surface area contributed by atoms with Crippen molar-refractivity contribution in [1.29, 1.82) is 0 Å². The van der Waals surface area contributed by atoms with E-state index in [1.165, 1.54) is 8.61 Å². The van der Waals surface area contributed by atoms with Crippen LogP contribution in [0.3, 0.4) is 0 Å². The highest BCUT2D eigenvalue weighted by Gasteiger charge is 2.46. The first-order valence-corrected chi connectivity index (χ1v) is 12.5. The van der Waals surface area contributed by atoms with E-state index in [0.717, 1.165) is 0 Å². The molecule has 0 aromatic rings.